The Labute approximate surface area is 207 Å². The Morgan fingerprint density at radius 1 is 0.588 bits per heavy atom. The van der Waals surface area contributed by atoms with Gasteiger partial charge < -0.3 is 19.3 Å². The van der Waals surface area contributed by atoms with E-state index in [1.54, 1.807) is 0 Å². The highest BCUT2D eigenvalue weighted by molar-refractivity contribution is 5.74. The number of rotatable bonds is 11. The van der Waals surface area contributed by atoms with Crippen molar-refractivity contribution in [2.75, 3.05) is 52.5 Å². The summed E-state index contributed by atoms with van der Waals surface area (Å²) in [6.07, 6.45) is 10.4. The lowest BCUT2D eigenvalue weighted by Crippen LogP contribution is -2.31. The Morgan fingerprint density at radius 3 is 1.41 bits per heavy atom. The van der Waals surface area contributed by atoms with E-state index >= 15 is 0 Å². The van der Waals surface area contributed by atoms with Gasteiger partial charge >= 0.3 is 0 Å². The van der Waals surface area contributed by atoms with E-state index in [0.717, 1.165) is 50.6 Å². The van der Waals surface area contributed by atoms with Crippen molar-refractivity contribution in [3.63, 3.8) is 0 Å². The first kappa shape index (κ1) is 25.1. The predicted octanol–water partition coefficient (Wildman–Crippen LogP) is 6.48. The van der Waals surface area contributed by atoms with Crippen LogP contribution in [0.3, 0.4) is 0 Å². The first-order chi connectivity index (χ1) is 16.7. The molecule has 0 bridgehead atoms. The molecule has 0 atom stereocenters. The summed E-state index contributed by atoms with van der Waals surface area (Å²) in [4.78, 5) is 5.16. The summed E-state index contributed by atoms with van der Waals surface area (Å²) in [7, 11) is 0. The highest BCUT2D eigenvalue weighted by Crippen LogP contribution is 2.35. The van der Waals surface area contributed by atoms with Gasteiger partial charge in [-0.3, -0.25) is 0 Å². The number of hydrogen-bond donors (Lipinski definition) is 0. The Bertz CT molecular complexity index is 812. The molecule has 2 aliphatic heterocycles. The van der Waals surface area contributed by atoms with Crippen molar-refractivity contribution in [2.24, 2.45) is 0 Å². The SMILES string of the molecule is Cc1c(OCCCN2CCCCC2)cccc1-c1cccc(OCCCN2CCCCC2)c1C. The molecule has 2 aromatic rings. The molecule has 0 amide bonds. The maximum atomic E-state index is 6.23. The summed E-state index contributed by atoms with van der Waals surface area (Å²) in [6, 6.07) is 12.9. The highest BCUT2D eigenvalue weighted by Gasteiger charge is 2.14. The molecule has 0 N–H and O–H groups in total. The van der Waals surface area contributed by atoms with Gasteiger partial charge in [0.15, 0.2) is 0 Å². The summed E-state index contributed by atoms with van der Waals surface area (Å²) < 4.78 is 12.5. The molecular weight excluding hydrogens is 420 g/mol. The third-order valence-electron chi connectivity index (χ3n) is 7.51. The molecule has 0 saturated carbocycles. The molecule has 0 aliphatic carbocycles. The third-order valence-corrected chi connectivity index (χ3v) is 7.51. The van der Waals surface area contributed by atoms with E-state index in [1.165, 1.54) is 87.0 Å². The van der Waals surface area contributed by atoms with Crippen LogP contribution >= 0.6 is 0 Å². The smallest absolute Gasteiger partial charge is 0.122 e. The molecule has 2 fully saturated rings. The van der Waals surface area contributed by atoms with E-state index in [4.69, 9.17) is 9.47 Å². The van der Waals surface area contributed by atoms with Gasteiger partial charge in [-0.2, -0.15) is 0 Å². The molecule has 0 unspecified atom stereocenters. The summed E-state index contributed by atoms with van der Waals surface area (Å²) in [5.74, 6) is 2.01. The van der Waals surface area contributed by atoms with E-state index in [2.05, 4.69) is 60.0 Å². The number of ether oxygens (including phenoxy) is 2. The topological polar surface area (TPSA) is 24.9 Å². The van der Waals surface area contributed by atoms with E-state index in [1.807, 2.05) is 0 Å². The molecule has 2 aromatic carbocycles. The van der Waals surface area contributed by atoms with Crippen molar-refractivity contribution in [3.8, 4) is 22.6 Å². The van der Waals surface area contributed by atoms with Crippen molar-refractivity contribution in [1.29, 1.82) is 0 Å². The zero-order valence-corrected chi connectivity index (χ0v) is 21.5. The lowest BCUT2D eigenvalue weighted by Gasteiger charge is -2.26. The minimum Gasteiger partial charge on any atom is -0.493 e. The predicted molar refractivity (Wildman–Crippen MR) is 142 cm³/mol. The van der Waals surface area contributed by atoms with Gasteiger partial charge in [0.25, 0.3) is 0 Å². The van der Waals surface area contributed by atoms with Crippen LogP contribution in [0.2, 0.25) is 0 Å². The fourth-order valence-corrected chi connectivity index (χ4v) is 5.43. The molecule has 2 aliphatic rings. The molecule has 0 radical (unpaired) electrons. The zero-order chi connectivity index (χ0) is 23.6. The van der Waals surface area contributed by atoms with Gasteiger partial charge in [-0.15, -0.1) is 0 Å². The molecule has 34 heavy (non-hydrogen) atoms. The van der Waals surface area contributed by atoms with Crippen LogP contribution in [0.1, 0.15) is 62.5 Å². The van der Waals surface area contributed by atoms with E-state index in [9.17, 15) is 0 Å². The number of likely N-dealkylation sites (tertiary alicyclic amines) is 2. The van der Waals surface area contributed by atoms with Gasteiger partial charge in [0, 0.05) is 13.1 Å². The summed E-state index contributed by atoms with van der Waals surface area (Å²) in [5, 5.41) is 0. The number of nitrogens with zero attached hydrogens (tertiary/aromatic N) is 2. The Morgan fingerprint density at radius 2 is 1.00 bits per heavy atom. The number of benzene rings is 2. The van der Waals surface area contributed by atoms with Crippen molar-refractivity contribution >= 4 is 0 Å². The second-order valence-corrected chi connectivity index (χ2v) is 10.1. The minimum absolute atomic E-state index is 0.778. The Kier molecular flexibility index (Phi) is 9.70. The maximum absolute atomic E-state index is 6.23. The molecule has 4 rings (SSSR count). The van der Waals surface area contributed by atoms with Gasteiger partial charge in [0.1, 0.15) is 11.5 Å². The Hall–Kier alpha value is -2.04. The van der Waals surface area contributed by atoms with Crippen LogP contribution in [-0.2, 0) is 0 Å². The van der Waals surface area contributed by atoms with Crippen LogP contribution in [0.25, 0.3) is 11.1 Å². The van der Waals surface area contributed by atoms with E-state index in [0.29, 0.717) is 0 Å². The molecule has 2 saturated heterocycles. The molecule has 4 heteroatoms. The van der Waals surface area contributed by atoms with Crippen LogP contribution < -0.4 is 9.47 Å². The molecule has 186 valence electrons. The molecule has 0 aromatic heterocycles. The number of hydrogen-bond acceptors (Lipinski definition) is 4. The summed E-state index contributed by atoms with van der Waals surface area (Å²) in [6.45, 7) is 13.2. The quantitative estimate of drug-likeness (QED) is 0.355. The largest absolute Gasteiger partial charge is 0.493 e. The van der Waals surface area contributed by atoms with Crippen molar-refractivity contribution in [2.45, 2.75) is 65.2 Å². The molecular formula is C30H44N2O2. The molecule has 0 spiro atoms. The highest BCUT2D eigenvalue weighted by atomic mass is 16.5. The van der Waals surface area contributed by atoms with E-state index < -0.39 is 0 Å². The fraction of sp³-hybridized carbons (Fsp3) is 0.600. The van der Waals surface area contributed by atoms with Crippen molar-refractivity contribution in [3.05, 3.63) is 47.5 Å². The average Bonchev–Trinajstić information content (AvgIpc) is 2.88. The van der Waals surface area contributed by atoms with Gasteiger partial charge in [0.05, 0.1) is 13.2 Å². The second kappa shape index (κ2) is 13.2. The van der Waals surface area contributed by atoms with Gasteiger partial charge in [-0.1, -0.05) is 37.1 Å². The third kappa shape index (κ3) is 6.99. The lowest BCUT2D eigenvalue weighted by molar-refractivity contribution is 0.204. The maximum Gasteiger partial charge on any atom is 0.122 e. The van der Waals surface area contributed by atoms with Crippen molar-refractivity contribution < 1.29 is 9.47 Å². The minimum atomic E-state index is 0.778. The summed E-state index contributed by atoms with van der Waals surface area (Å²) >= 11 is 0. The van der Waals surface area contributed by atoms with Gasteiger partial charge in [-0.05, 0) is 113 Å². The van der Waals surface area contributed by atoms with Crippen molar-refractivity contribution in [1.82, 2.24) is 9.80 Å². The summed E-state index contributed by atoms with van der Waals surface area (Å²) in [5.41, 5.74) is 4.91. The molecule has 2 heterocycles. The number of piperidine rings is 2. The molecule has 4 nitrogen and oxygen atoms in total. The van der Waals surface area contributed by atoms with Crippen LogP contribution in [0, 0.1) is 13.8 Å². The van der Waals surface area contributed by atoms with Crippen LogP contribution in [0.5, 0.6) is 11.5 Å². The fourth-order valence-electron chi connectivity index (χ4n) is 5.43. The second-order valence-electron chi connectivity index (χ2n) is 10.1. The monoisotopic (exact) mass is 464 g/mol. The standard InChI is InChI=1S/C30H44N2O2/c1-25-27(13-9-15-29(25)33-23-11-21-31-17-5-3-6-18-31)28-14-10-16-30(26(28)2)34-24-12-22-32-19-7-4-8-20-32/h9-10,13-16H,3-8,11-12,17-24H2,1-2H3. The first-order valence-corrected chi connectivity index (χ1v) is 13.6. The average molecular weight is 465 g/mol. The normalized spacial score (nSPS) is 17.6. The van der Waals surface area contributed by atoms with Crippen LogP contribution in [-0.4, -0.2) is 62.3 Å². The van der Waals surface area contributed by atoms with Gasteiger partial charge in [-0.25, -0.2) is 0 Å². The Balaban J connectivity index is 1.31. The first-order valence-electron chi connectivity index (χ1n) is 13.6. The van der Waals surface area contributed by atoms with Crippen LogP contribution in [0.15, 0.2) is 36.4 Å². The van der Waals surface area contributed by atoms with Gasteiger partial charge in [0.2, 0.25) is 0 Å². The van der Waals surface area contributed by atoms with E-state index in [-0.39, 0.29) is 0 Å². The lowest BCUT2D eigenvalue weighted by atomic mass is 9.95. The zero-order valence-electron chi connectivity index (χ0n) is 21.5. The van der Waals surface area contributed by atoms with Crippen LogP contribution in [0.4, 0.5) is 0 Å².